The quantitative estimate of drug-likeness (QED) is 0.617. The van der Waals surface area contributed by atoms with E-state index < -0.39 is 10.0 Å². The molecule has 1 aliphatic rings. The Morgan fingerprint density at radius 2 is 1.86 bits per heavy atom. The Kier molecular flexibility index (Phi) is 5.50. The molecule has 8 heteroatoms. The van der Waals surface area contributed by atoms with Gasteiger partial charge in [-0.2, -0.15) is 4.31 Å². The van der Waals surface area contributed by atoms with Crippen LogP contribution in [-0.4, -0.2) is 51.0 Å². The minimum Gasteiger partial charge on any atom is -0.495 e. The van der Waals surface area contributed by atoms with E-state index in [9.17, 15) is 8.42 Å². The van der Waals surface area contributed by atoms with Gasteiger partial charge in [-0.05, 0) is 48.7 Å². The fourth-order valence-electron chi connectivity index (χ4n) is 3.56. The first-order valence-electron chi connectivity index (χ1n) is 9.71. The topological polar surface area (TPSA) is 62.7 Å². The molecule has 1 aromatic heterocycles. The number of piperazine rings is 1. The summed E-state index contributed by atoms with van der Waals surface area (Å²) in [5.41, 5.74) is 3.20. The van der Waals surface area contributed by atoms with Crippen molar-refractivity contribution in [3.63, 3.8) is 0 Å². The second kappa shape index (κ2) is 7.93. The molecule has 2 heterocycles. The van der Waals surface area contributed by atoms with Crippen molar-refractivity contribution in [3.05, 3.63) is 47.5 Å². The van der Waals surface area contributed by atoms with Crippen LogP contribution in [0.15, 0.2) is 41.3 Å². The minimum absolute atomic E-state index is 0.237. The Morgan fingerprint density at radius 1 is 1.10 bits per heavy atom. The predicted octanol–water partition coefficient (Wildman–Crippen LogP) is 3.69. The van der Waals surface area contributed by atoms with Crippen LogP contribution < -0.4 is 9.64 Å². The number of sulfonamides is 1. The van der Waals surface area contributed by atoms with Crippen LogP contribution in [0.1, 0.15) is 18.1 Å². The molecule has 0 amide bonds. The molecule has 0 bridgehead atoms. The predicted molar refractivity (Wildman–Crippen MR) is 118 cm³/mol. The maximum Gasteiger partial charge on any atom is 0.246 e. The number of methoxy groups -OCH3 is 1. The van der Waals surface area contributed by atoms with E-state index in [2.05, 4.69) is 30.0 Å². The molecule has 0 spiro atoms. The van der Waals surface area contributed by atoms with Gasteiger partial charge in [0, 0.05) is 26.2 Å². The summed E-state index contributed by atoms with van der Waals surface area (Å²) in [7, 11) is -2.10. The van der Waals surface area contributed by atoms with Crippen molar-refractivity contribution in [1.29, 1.82) is 0 Å². The van der Waals surface area contributed by atoms with Gasteiger partial charge in [-0.1, -0.05) is 30.4 Å². The van der Waals surface area contributed by atoms with Gasteiger partial charge < -0.3 is 9.64 Å². The second-order valence-electron chi connectivity index (χ2n) is 7.20. The summed E-state index contributed by atoms with van der Waals surface area (Å²) < 4.78 is 34.4. The van der Waals surface area contributed by atoms with Crippen molar-refractivity contribution in [3.8, 4) is 5.75 Å². The molecule has 6 nitrogen and oxygen atoms in total. The van der Waals surface area contributed by atoms with Crippen molar-refractivity contribution in [2.45, 2.75) is 25.2 Å². The van der Waals surface area contributed by atoms with Crippen molar-refractivity contribution in [2.75, 3.05) is 38.2 Å². The summed E-state index contributed by atoms with van der Waals surface area (Å²) in [6.45, 7) is 6.12. The van der Waals surface area contributed by atoms with Gasteiger partial charge >= 0.3 is 0 Å². The maximum atomic E-state index is 13.2. The summed E-state index contributed by atoms with van der Waals surface area (Å²) >= 11 is 1.67. The SMILES string of the molecule is CCc1ccc2nc(N3CCN(S(=O)(=O)c4cc(C)ccc4OC)CC3)sc2c1. The zero-order chi connectivity index (χ0) is 20.6. The number of aromatic nitrogens is 1. The van der Waals surface area contributed by atoms with Crippen LogP contribution >= 0.6 is 11.3 Å². The van der Waals surface area contributed by atoms with Crippen LogP contribution in [0.5, 0.6) is 5.75 Å². The smallest absolute Gasteiger partial charge is 0.246 e. The molecule has 29 heavy (non-hydrogen) atoms. The highest BCUT2D eigenvalue weighted by atomic mass is 32.2. The van der Waals surface area contributed by atoms with Crippen LogP contribution in [-0.2, 0) is 16.4 Å². The van der Waals surface area contributed by atoms with Gasteiger partial charge in [0.25, 0.3) is 0 Å². The van der Waals surface area contributed by atoms with Gasteiger partial charge in [0.2, 0.25) is 10.0 Å². The summed E-state index contributed by atoms with van der Waals surface area (Å²) in [6.07, 6.45) is 1.00. The zero-order valence-electron chi connectivity index (χ0n) is 16.9. The monoisotopic (exact) mass is 431 g/mol. The third kappa shape index (κ3) is 3.84. The fraction of sp³-hybridized carbons (Fsp3) is 0.381. The Bertz CT molecular complexity index is 1130. The molecule has 1 fully saturated rings. The van der Waals surface area contributed by atoms with E-state index in [1.54, 1.807) is 27.8 Å². The molecule has 2 aromatic carbocycles. The van der Waals surface area contributed by atoms with Crippen molar-refractivity contribution in [2.24, 2.45) is 0 Å². The number of anilines is 1. The number of hydrogen-bond donors (Lipinski definition) is 0. The highest BCUT2D eigenvalue weighted by Gasteiger charge is 2.31. The van der Waals surface area contributed by atoms with E-state index in [-0.39, 0.29) is 4.90 Å². The molecule has 3 aromatic rings. The average molecular weight is 432 g/mol. The standard InChI is InChI=1S/C21H25N3O3S2/c1-4-16-6-7-17-19(14-16)28-21(22-17)23-9-11-24(12-10-23)29(25,26)20-13-15(2)5-8-18(20)27-3/h5-8,13-14H,4,9-12H2,1-3H3. The number of hydrogen-bond acceptors (Lipinski definition) is 6. The largest absolute Gasteiger partial charge is 0.495 e. The lowest BCUT2D eigenvalue weighted by Crippen LogP contribution is -2.48. The highest BCUT2D eigenvalue weighted by molar-refractivity contribution is 7.89. The summed E-state index contributed by atoms with van der Waals surface area (Å²) in [6, 6.07) is 11.6. The maximum absolute atomic E-state index is 13.2. The number of aryl methyl sites for hydroxylation is 2. The minimum atomic E-state index is -3.60. The third-order valence-electron chi connectivity index (χ3n) is 5.30. The highest BCUT2D eigenvalue weighted by Crippen LogP contribution is 2.32. The van der Waals surface area contributed by atoms with E-state index in [0.29, 0.717) is 31.9 Å². The molecule has 0 aliphatic carbocycles. The van der Waals surface area contributed by atoms with Crippen LogP contribution in [0.25, 0.3) is 10.2 Å². The Labute approximate surface area is 175 Å². The van der Waals surface area contributed by atoms with Crippen molar-refractivity contribution in [1.82, 2.24) is 9.29 Å². The lowest BCUT2D eigenvalue weighted by molar-refractivity contribution is 0.374. The van der Waals surface area contributed by atoms with E-state index >= 15 is 0 Å². The molecule has 154 valence electrons. The number of nitrogens with zero attached hydrogens (tertiary/aromatic N) is 3. The molecular formula is C21H25N3O3S2. The summed E-state index contributed by atoms with van der Waals surface area (Å²) in [4.78, 5) is 7.17. The fourth-order valence-corrected chi connectivity index (χ4v) is 6.30. The first-order chi connectivity index (χ1) is 13.9. The number of rotatable bonds is 5. The zero-order valence-corrected chi connectivity index (χ0v) is 18.5. The second-order valence-corrected chi connectivity index (χ2v) is 10.1. The van der Waals surface area contributed by atoms with E-state index in [0.717, 1.165) is 22.6 Å². The van der Waals surface area contributed by atoms with E-state index in [4.69, 9.17) is 9.72 Å². The summed E-state index contributed by atoms with van der Waals surface area (Å²) in [5, 5.41) is 0.957. The molecule has 1 aliphatic heterocycles. The number of fused-ring (bicyclic) bond motifs is 1. The third-order valence-corrected chi connectivity index (χ3v) is 8.29. The molecular weight excluding hydrogens is 406 g/mol. The molecule has 0 saturated carbocycles. The normalized spacial score (nSPS) is 15.8. The van der Waals surface area contributed by atoms with Gasteiger partial charge in [-0.25, -0.2) is 13.4 Å². The van der Waals surface area contributed by atoms with Crippen molar-refractivity contribution >= 4 is 36.7 Å². The van der Waals surface area contributed by atoms with Gasteiger partial charge in [0.15, 0.2) is 5.13 Å². The number of thiazole rings is 1. The molecule has 4 rings (SSSR count). The van der Waals surface area contributed by atoms with Gasteiger partial charge in [0.1, 0.15) is 10.6 Å². The summed E-state index contributed by atoms with van der Waals surface area (Å²) in [5.74, 6) is 0.385. The van der Waals surface area contributed by atoms with E-state index in [1.165, 1.54) is 17.4 Å². The molecule has 1 saturated heterocycles. The van der Waals surface area contributed by atoms with Gasteiger partial charge in [-0.3, -0.25) is 0 Å². The molecule has 0 unspecified atom stereocenters. The van der Waals surface area contributed by atoms with Crippen LogP contribution in [0.2, 0.25) is 0 Å². The van der Waals surface area contributed by atoms with Crippen LogP contribution in [0.3, 0.4) is 0 Å². The lowest BCUT2D eigenvalue weighted by atomic mass is 10.2. The molecule has 0 atom stereocenters. The Morgan fingerprint density at radius 3 is 2.55 bits per heavy atom. The molecule has 0 N–H and O–H groups in total. The van der Waals surface area contributed by atoms with Crippen LogP contribution in [0.4, 0.5) is 5.13 Å². The Hall–Kier alpha value is -2.16. The first-order valence-corrected chi connectivity index (χ1v) is 12.0. The van der Waals surface area contributed by atoms with Crippen LogP contribution in [0, 0.1) is 6.92 Å². The number of benzene rings is 2. The Balaban J connectivity index is 1.53. The van der Waals surface area contributed by atoms with Gasteiger partial charge in [0.05, 0.1) is 17.3 Å². The van der Waals surface area contributed by atoms with E-state index in [1.807, 2.05) is 13.0 Å². The first kappa shape index (κ1) is 20.1. The number of ether oxygens (including phenoxy) is 1. The van der Waals surface area contributed by atoms with Crippen molar-refractivity contribution < 1.29 is 13.2 Å². The van der Waals surface area contributed by atoms with Gasteiger partial charge in [-0.15, -0.1) is 0 Å². The molecule has 0 radical (unpaired) electrons. The lowest BCUT2D eigenvalue weighted by Gasteiger charge is -2.34. The average Bonchev–Trinajstić information content (AvgIpc) is 3.17.